The van der Waals surface area contributed by atoms with Gasteiger partial charge in [0.2, 0.25) is 5.91 Å². The molecule has 1 amide bonds. The zero-order valence-electron chi connectivity index (χ0n) is 12.8. The zero-order valence-corrected chi connectivity index (χ0v) is 13.6. The van der Waals surface area contributed by atoms with Crippen molar-refractivity contribution in [2.75, 3.05) is 0 Å². The molecule has 1 atom stereocenters. The van der Waals surface area contributed by atoms with Crippen LogP contribution in [0.25, 0.3) is 0 Å². The first kappa shape index (κ1) is 15.6. The van der Waals surface area contributed by atoms with Crippen molar-refractivity contribution in [3.05, 3.63) is 70.2 Å². The van der Waals surface area contributed by atoms with Crippen LogP contribution in [0.4, 0.5) is 0 Å². The third kappa shape index (κ3) is 3.09. The topological polar surface area (TPSA) is 52.9 Å². The number of rotatable bonds is 4. The highest BCUT2D eigenvalue weighted by Crippen LogP contribution is 2.49. The molecule has 1 unspecified atom stereocenters. The smallest absolute Gasteiger partial charge is 0.231 e. The minimum atomic E-state index is -0.439. The zero-order chi connectivity index (χ0) is 16.4. The summed E-state index contributed by atoms with van der Waals surface area (Å²) in [4.78, 5) is 12.7. The molecule has 116 valence electrons. The van der Waals surface area contributed by atoms with Crippen LogP contribution in [-0.4, -0.2) is 5.91 Å². The largest absolute Gasteiger partial charge is 0.349 e. The summed E-state index contributed by atoms with van der Waals surface area (Å²) in [5.74, 6) is 0.0385. The second-order valence-electron chi connectivity index (χ2n) is 6.02. The lowest BCUT2D eigenvalue weighted by Gasteiger charge is -2.20. The van der Waals surface area contributed by atoms with Gasteiger partial charge in [0.25, 0.3) is 0 Å². The maximum atomic E-state index is 12.7. The van der Waals surface area contributed by atoms with E-state index in [1.165, 1.54) is 0 Å². The number of nitrogens with zero attached hydrogens (tertiary/aromatic N) is 1. The summed E-state index contributed by atoms with van der Waals surface area (Å²) in [6.07, 6.45) is 1.69. The predicted octanol–water partition coefficient (Wildman–Crippen LogP) is 4.12. The lowest BCUT2D eigenvalue weighted by atomic mass is 9.94. The molecule has 0 spiro atoms. The Morgan fingerprint density at radius 2 is 1.96 bits per heavy atom. The maximum absolute atomic E-state index is 12.7. The van der Waals surface area contributed by atoms with Gasteiger partial charge in [-0.15, -0.1) is 0 Å². The summed E-state index contributed by atoms with van der Waals surface area (Å²) in [7, 11) is 0. The molecule has 1 aliphatic rings. The van der Waals surface area contributed by atoms with Gasteiger partial charge < -0.3 is 5.32 Å². The lowest BCUT2D eigenvalue weighted by Crippen LogP contribution is -2.36. The van der Waals surface area contributed by atoms with Gasteiger partial charge in [0.05, 0.1) is 23.1 Å². The SMILES string of the molecule is CC(NC(=O)C1(c2cccc(Cl)c2)CC1)c1ccc(C#N)cc1. The molecule has 2 aromatic carbocycles. The summed E-state index contributed by atoms with van der Waals surface area (Å²) in [6.45, 7) is 1.95. The number of carbonyl (C=O) groups excluding carboxylic acids is 1. The van der Waals surface area contributed by atoms with Gasteiger partial charge in [-0.3, -0.25) is 4.79 Å². The number of amides is 1. The first-order valence-electron chi connectivity index (χ1n) is 7.62. The fourth-order valence-electron chi connectivity index (χ4n) is 2.82. The van der Waals surface area contributed by atoms with Crippen LogP contribution in [-0.2, 0) is 10.2 Å². The van der Waals surface area contributed by atoms with E-state index in [0.29, 0.717) is 10.6 Å². The third-order valence-electron chi connectivity index (χ3n) is 4.45. The van der Waals surface area contributed by atoms with Crippen molar-refractivity contribution in [1.29, 1.82) is 5.26 Å². The molecule has 0 radical (unpaired) electrons. The van der Waals surface area contributed by atoms with Gasteiger partial charge in [-0.1, -0.05) is 35.9 Å². The molecule has 1 N–H and O–H groups in total. The Kier molecular flexibility index (Phi) is 4.11. The molecule has 1 fully saturated rings. The molecule has 23 heavy (non-hydrogen) atoms. The predicted molar refractivity (Wildman–Crippen MR) is 90.1 cm³/mol. The van der Waals surface area contributed by atoms with Crippen molar-refractivity contribution in [3.8, 4) is 6.07 Å². The second-order valence-corrected chi connectivity index (χ2v) is 6.46. The molecule has 1 aliphatic carbocycles. The molecule has 0 saturated heterocycles. The normalized spacial score (nSPS) is 16.2. The minimum Gasteiger partial charge on any atom is -0.349 e. The van der Waals surface area contributed by atoms with E-state index in [-0.39, 0.29) is 11.9 Å². The van der Waals surface area contributed by atoms with E-state index in [9.17, 15) is 4.79 Å². The Morgan fingerprint density at radius 3 is 2.52 bits per heavy atom. The summed E-state index contributed by atoms with van der Waals surface area (Å²) in [5, 5.41) is 12.6. The monoisotopic (exact) mass is 324 g/mol. The van der Waals surface area contributed by atoms with Gasteiger partial charge in [0, 0.05) is 5.02 Å². The quantitative estimate of drug-likeness (QED) is 0.919. The summed E-state index contributed by atoms with van der Waals surface area (Å²) in [6, 6.07) is 16.8. The first-order valence-corrected chi connectivity index (χ1v) is 8.00. The Balaban J connectivity index is 1.74. The highest BCUT2D eigenvalue weighted by atomic mass is 35.5. The Bertz CT molecular complexity index is 773. The molecule has 4 heteroatoms. The van der Waals surface area contributed by atoms with Crippen LogP contribution >= 0.6 is 11.6 Å². The molecule has 3 nitrogen and oxygen atoms in total. The number of hydrogen-bond acceptors (Lipinski definition) is 2. The van der Waals surface area contributed by atoms with Gasteiger partial charge in [0.1, 0.15) is 0 Å². The molecule has 0 aromatic heterocycles. The number of hydrogen-bond donors (Lipinski definition) is 1. The maximum Gasteiger partial charge on any atom is 0.231 e. The summed E-state index contributed by atoms with van der Waals surface area (Å²) >= 11 is 6.06. The van der Waals surface area contributed by atoms with Crippen molar-refractivity contribution in [3.63, 3.8) is 0 Å². The van der Waals surface area contributed by atoms with Crippen LogP contribution in [0.15, 0.2) is 48.5 Å². The molecule has 0 bridgehead atoms. The van der Waals surface area contributed by atoms with Crippen LogP contribution in [0.1, 0.15) is 42.5 Å². The van der Waals surface area contributed by atoms with E-state index < -0.39 is 5.41 Å². The summed E-state index contributed by atoms with van der Waals surface area (Å²) < 4.78 is 0. The average Bonchev–Trinajstić information content (AvgIpc) is 3.37. The van der Waals surface area contributed by atoms with Crippen molar-refractivity contribution < 1.29 is 4.79 Å². The van der Waals surface area contributed by atoms with Crippen LogP contribution in [0.5, 0.6) is 0 Å². The highest BCUT2D eigenvalue weighted by Gasteiger charge is 2.51. The fraction of sp³-hybridized carbons (Fsp3) is 0.263. The first-order chi connectivity index (χ1) is 11.0. The van der Waals surface area contributed by atoms with Gasteiger partial charge in [-0.05, 0) is 55.2 Å². The van der Waals surface area contributed by atoms with E-state index in [2.05, 4.69) is 11.4 Å². The van der Waals surface area contributed by atoms with Crippen LogP contribution in [0.2, 0.25) is 5.02 Å². The second kappa shape index (κ2) is 6.06. The van der Waals surface area contributed by atoms with E-state index >= 15 is 0 Å². The van der Waals surface area contributed by atoms with E-state index in [1.54, 1.807) is 12.1 Å². The number of halogens is 1. The standard InChI is InChI=1S/C19H17ClN2O/c1-13(15-7-5-14(12-21)6-8-15)22-18(23)19(9-10-19)16-3-2-4-17(20)11-16/h2-8,11,13H,9-10H2,1H3,(H,22,23). The van der Waals surface area contributed by atoms with E-state index in [0.717, 1.165) is 24.0 Å². The molecule has 3 rings (SSSR count). The number of nitrogens with one attached hydrogen (secondary N) is 1. The van der Waals surface area contributed by atoms with Gasteiger partial charge in [-0.25, -0.2) is 0 Å². The van der Waals surface area contributed by atoms with Gasteiger partial charge >= 0.3 is 0 Å². The van der Waals surface area contributed by atoms with Crippen molar-refractivity contribution in [2.45, 2.75) is 31.2 Å². The fourth-order valence-corrected chi connectivity index (χ4v) is 3.01. The molecular weight excluding hydrogens is 308 g/mol. The molecule has 0 aliphatic heterocycles. The van der Waals surface area contributed by atoms with Gasteiger partial charge in [0.15, 0.2) is 0 Å². The minimum absolute atomic E-state index is 0.0385. The van der Waals surface area contributed by atoms with E-state index in [1.807, 2.05) is 43.3 Å². The molecule has 2 aromatic rings. The third-order valence-corrected chi connectivity index (χ3v) is 4.68. The Morgan fingerprint density at radius 1 is 1.26 bits per heavy atom. The molecule has 1 saturated carbocycles. The lowest BCUT2D eigenvalue weighted by molar-refractivity contribution is -0.124. The number of nitriles is 1. The van der Waals surface area contributed by atoms with Gasteiger partial charge in [-0.2, -0.15) is 5.26 Å². The van der Waals surface area contributed by atoms with Crippen molar-refractivity contribution in [1.82, 2.24) is 5.32 Å². The Labute approximate surface area is 140 Å². The summed E-state index contributed by atoms with van der Waals surface area (Å²) in [5.41, 5.74) is 2.14. The van der Waals surface area contributed by atoms with Crippen LogP contribution < -0.4 is 5.32 Å². The van der Waals surface area contributed by atoms with E-state index in [4.69, 9.17) is 16.9 Å². The van der Waals surface area contributed by atoms with Crippen LogP contribution in [0.3, 0.4) is 0 Å². The number of benzene rings is 2. The van der Waals surface area contributed by atoms with Crippen molar-refractivity contribution >= 4 is 17.5 Å². The average molecular weight is 325 g/mol. The Hall–Kier alpha value is -2.31. The molecule has 0 heterocycles. The highest BCUT2D eigenvalue weighted by molar-refractivity contribution is 6.30. The molecular formula is C19H17ClN2O. The number of carbonyl (C=O) groups is 1. The van der Waals surface area contributed by atoms with Crippen LogP contribution in [0, 0.1) is 11.3 Å². The van der Waals surface area contributed by atoms with Crippen molar-refractivity contribution in [2.24, 2.45) is 0 Å².